The van der Waals surface area contributed by atoms with Crippen LogP contribution in [0.2, 0.25) is 0 Å². The van der Waals surface area contributed by atoms with E-state index in [-0.39, 0.29) is 0 Å². The number of nitrogens with one attached hydrogen (secondary N) is 1. The number of benzene rings is 1. The minimum Gasteiger partial charge on any atom is -0.272 e. The molecule has 5 heteroatoms. The summed E-state index contributed by atoms with van der Waals surface area (Å²) in [5.41, 5.74) is 1.19. The predicted molar refractivity (Wildman–Crippen MR) is 59.5 cm³/mol. The van der Waals surface area contributed by atoms with E-state index in [0.717, 1.165) is 16.8 Å². The molecule has 1 aromatic heterocycles. The standard InChI is InChI=1S/C11H10F2N2S/c1-16-11-6-9(14-15-11)4-7-2-3-8(12)5-10(7)13/h2-3,5-6H,4H2,1H3,(H,14,15). The second-order valence-corrected chi connectivity index (χ2v) is 4.19. The Morgan fingerprint density at radius 3 is 2.75 bits per heavy atom. The number of thioether (sulfide) groups is 1. The zero-order valence-electron chi connectivity index (χ0n) is 8.63. The van der Waals surface area contributed by atoms with E-state index in [2.05, 4.69) is 10.2 Å². The maximum absolute atomic E-state index is 13.3. The number of nitrogens with zero attached hydrogens (tertiary/aromatic N) is 1. The molecule has 2 rings (SSSR count). The van der Waals surface area contributed by atoms with Crippen LogP contribution in [0.15, 0.2) is 29.3 Å². The number of halogens is 2. The van der Waals surface area contributed by atoms with Gasteiger partial charge in [0.15, 0.2) is 0 Å². The summed E-state index contributed by atoms with van der Waals surface area (Å²) >= 11 is 1.54. The summed E-state index contributed by atoms with van der Waals surface area (Å²) in [6.07, 6.45) is 2.29. The molecule has 0 atom stereocenters. The fourth-order valence-electron chi connectivity index (χ4n) is 1.40. The molecule has 16 heavy (non-hydrogen) atoms. The van der Waals surface area contributed by atoms with Crippen molar-refractivity contribution >= 4 is 11.8 Å². The van der Waals surface area contributed by atoms with Crippen LogP contribution < -0.4 is 0 Å². The molecule has 0 aliphatic carbocycles. The van der Waals surface area contributed by atoms with Crippen molar-refractivity contribution in [1.29, 1.82) is 0 Å². The number of aromatic amines is 1. The Bertz CT molecular complexity index is 496. The van der Waals surface area contributed by atoms with Crippen LogP contribution in [0.25, 0.3) is 0 Å². The molecular formula is C11H10F2N2S. The summed E-state index contributed by atoms with van der Waals surface area (Å²) in [6, 6.07) is 5.43. The third kappa shape index (κ3) is 2.41. The van der Waals surface area contributed by atoms with Crippen molar-refractivity contribution in [3.05, 3.63) is 47.2 Å². The largest absolute Gasteiger partial charge is 0.272 e. The van der Waals surface area contributed by atoms with Crippen LogP contribution in [-0.2, 0) is 6.42 Å². The van der Waals surface area contributed by atoms with E-state index >= 15 is 0 Å². The molecule has 84 valence electrons. The molecule has 2 nitrogen and oxygen atoms in total. The molecule has 0 aliphatic heterocycles. The summed E-state index contributed by atoms with van der Waals surface area (Å²) in [5, 5.41) is 7.79. The van der Waals surface area contributed by atoms with Gasteiger partial charge in [0.1, 0.15) is 11.6 Å². The van der Waals surface area contributed by atoms with Gasteiger partial charge in [-0.3, -0.25) is 5.10 Å². The third-order valence-electron chi connectivity index (χ3n) is 2.21. The molecule has 0 amide bonds. The van der Waals surface area contributed by atoms with E-state index < -0.39 is 11.6 Å². The van der Waals surface area contributed by atoms with E-state index in [0.29, 0.717) is 12.0 Å². The molecule has 0 unspecified atom stereocenters. The van der Waals surface area contributed by atoms with Crippen molar-refractivity contribution in [3.63, 3.8) is 0 Å². The van der Waals surface area contributed by atoms with Crippen molar-refractivity contribution in [2.24, 2.45) is 0 Å². The van der Waals surface area contributed by atoms with Gasteiger partial charge in [0.05, 0.1) is 10.7 Å². The summed E-state index contributed by atoms with van der Waals surface area (Å²) in [6.45, 7) is 0. The van der Waals surface area contributed by atoms with Gasteiger partial charge in [-0.2, -0.15) is 5.10 Å². The molecule has 0 saturated heterocycles. The van der Waals surface area contributed by atoms with Gasteiger partial charge in [0, 0.05) is 12.5 Å². The van der Waals surface area contributed by atoms with Crippen LogP contribution in [-0.4, -0.2) is 16.5 Å². The zero-order valence-corrected chi connectivity index (χ0v) is 9.44. The fourth-order valence-corrected chi connectivity index (χ4v) is 1.79. The third-order valence-corrected chi connectivity index (χ3v) is 2.86. The highest BCUT2D eigenvalue weighted by Crippen LogP contribution is 2.17. The number of hydrogen-bond donors (Lipinski definition) is 1. The van der Waals surface area contributed by atoms with Gasteiger partial charge in [-0.1, -0.05) is 6.07 Å². The molecule has 2 aromatic rings. The Kier molecular flexibility index (Phi) is 3.24. The first kappa shape index (κ1) is 11.1. The maximum atomic E-state index is 13.3. The van der Waals surface area contributed by atoms with Crippen molar-refractivity contribution in [1.82, 2.24) is 10.2 Å². The topological polar surface area (TPSA) is 28.7 Å². The lowest BCUT2D eigenvalue weighted by atomic mass is 10.1. The lowest BCUT2D eigenvalue weighted by Gasteiger charge is -2.00. The normalized spacial score (nSPS) is 10.7. The highest BCUT2D eigenvalue weighted by atomic mass is 32.2. The molecule has 0 bridgehead atoms. The number of hydrogen-bond acceptors (Lipinski definition) is 2. The van der Waals surface area contributed by atoms with Crippen molar-refractivity contribution in [3.8, 4) is 0 Å². The van der Waals surface area contributed by atoms with Crippen LogP contribution in [0.1, 0.15) is 11.3 Å². The van der Waals surface area contributed by atoms with Crippen LogP contribution >= 0.6 is 11.8 Å². The lowest BCUT2D eigenvalue weighted by molar-refractivity contribution is 0.574. The highest BCUT2D eigenvalue weighted by Gasteiger charge is 2.07. The van der Waals surface area contributed by atoms with Crippen molar-refractivity contribution in [2.45, 2.75) is 11.4 Å². The lowest BCUT2D eigenvalue weighted by Crippen LogP contribution is -1.93. The van der Waals surface area contributed by atoms with E-state index in [1.807, 2.05) is 12.3 Å². The molecule has 1 heterocycles. The predicted octanol–water partition coefficient (Wildman–Crippen LogP) is 3.00. The highest BCUT2D eigenvalue weighted by molar-refractivity contribution is 7.98. The Balaban J connectivity index is 2.20. The van der Waals surface area contributed by atoms with Gasteiger partial charge in [0.2, 0.25) is 0 Å². The van der Waals surface area contributed by atoms with Crippen LogP contribution in [0.5, 0.6) is 0 Å². The SMILES string of the molecule is CSc1cc(Cc2ccc(F)cc2F)n[nH]1. The molecule has 1 aromatic carbocycles. The molecule has 0 radical (unpaired) electrons. The van der Waals surface area contributed by atoms with Gasteiger partial charge >= 0.3 is 0 Å². The summed E-state index contributed by atoms with van der Waals surface area (Å²) < 4.78 is 26.0. The second kappa shape index (κ2) is 4.65. The molecular weight excluding hydrogens is 230 g/mol. The van der Waals surface area contributed by atoms with Gasteiger partial charge in [-0.15, -0.1) is 11.8 Å². The average Bonchev–Trinajstić information content (AvgIpc) is 2.70. The number of aromatic nitrogens is 2. The Hall–Kier alpha value is -1.36. The maximum Gasteiger partial charge on any atom is 0.129 e. The molecule has 1 N–H and O–H groups in total. The summed E-state index contributed by atoms with van der Waals surface area (Å²) in [7, 11) is 0. The monoisotopic (exact) mass is 240 g/mol. The minimum absolute atomic E-state index is 0.364. The van der Waals surface area contributed by atoms with Gasteiger partial charge in [-0.25, -0.2) is 8.78 Å². The van der Waals surface area contributed by atoms with Crippen molar-refractivity contribution in [2.75, 3.05) is 6.26 Å². The molecule has 0 saturated carbocycles. The average molecular weight is 240 g/mol. The molecule has 0 fully saturated rings. The second-order valence-electron chi connectivity index (χ2n) is 3.34. The Morgan fingerprint density at radius 2 is 2.12 bits per heavy atom. The molecule has 0 spiro atoms. The van der Waals surface area contributed by atoms with E-state index in [1.54, 1.807) is 0 Å². The summed E-state index contributed by atoms with van der Waals surface area (Å²) in [4.78, 5) is 0. The molecule has 0 aliphatic rings. The zero-order chi connectivity index (χ0) is 11.5. The van der Waals surface area contributed by atoms with E-state index in [1.165, 1.54) is 23.9 Å². The first-order chi connectivity index (χ1) is 7.69. The van der Waals surface area contributed by atoms with Crippen LogP contribution in [0.3, 0.4) is 0 Å². The quantitative estimate of drug-likeness (QED) is 0.835. The summed E-state index contributed by atoms with van der Waals surface area (Å²) in [5.74, 6) is -1.10. The minimum atomic E-state index is -0.562. The first-order valence-corrected chi connectivity index (χ1v) is 5.93. The van der Waals surface area contributed by atoms with Gasteiger partial charge in [0.25, 0.3) is 0 Å². The number of rotatable bonds is 3. The Morgan fingerprint density at radius 1 is 1.31 bits per heavy atom. The van der Waals surface area contributed by atoms with Gasteiger partial charge in [-0.05, 0) is 24.0 Å². The van der Waals surface area contributed by atoms with Crippen molar-refractivity contribution < 1.29 is 8.78 Å². The number of H-pyrrole nitrogens is 1. The van der Waals surface area contributed by atoms with E-state index in [4.69, 9.17) is 0 Å². The smallest absolute Gasteiger partial charge is 0.129 e. The van der Waals surface area contributed by atoms with E-state index in [9.17, 15) is 8.78 Å². The van der Waals surface area contributed by atoms with Crippen LogP contribution in [0.4, 0.5) is 8.78 Å². The fraction of sp³-hybridized carbons (Fsp3) is 0.182. The first-order valence-electron chi connectivity index (χ1n) is 4.71. The van der Waals surface area contributed by atoms with Crippen LogP contribution in [0, 0.1) is 11.6 Å². The Labute approximate surface area is 96.1 Å². The van der Waals surface area contributed by atoms with Gasteiger partial charge < -0.3 is 0 Å².